The highest BCUT2D eigenvalue weighted by Gasteiger charge is 2.25. The third-order valence-corrected chi connectivity index (χ3v) is 2.28. The summed E-state index contributed by atoms with van der Waals surface area (Å²) in [5, 5.41) is 2.37. The molecule has 0 aromatic carbocycles. The summed E-state index contributed by atoms with van der Waals surface area (Å²) in [6.45, 7) is 6.19. The lowest BCUT2D eigenvalue weighted by atomic mass is 10.1. The van der Waals surface area contributed by atoms with E-state index in [9.17, 15) is 13.2 Å². The van der Waals surface area contributed by atoms with E-state index in [0.717, 1.165) is 6.08 Å². The fourth-order valence-corrected chi connectivity index (χ4v) is 1.86. The Morgan fingerprint density at radius 3 is 2.13 bits per heavy atom. The monoisotopic (exact) mass is 243 g/mol. The van der Waals surface area contributed by atoms with Crippen LogP contribution in [0.25, 0.3) is 0 Å². The van der Waals surface area contributed by atoms with Gasteiger partial charge in [-0.15, -0.1) is 0 Å². The fourth-order valence-electron chi connectivity index (χ4n) is 0.877. The molecule has 7 nitrogen and oxygen atoms in total. The molecule has 8 heteroatoms. The van der Waals surface area contributed by atoms with Crippen LogP contribution in [0, 0.1) is 0 Å². The topological polar surface area (TPSA) is 146 Å². The van der Waals surface area contributed by atoms with Gasteiger partial charge in [0.05, 0.1) is 11.3 Å². The van der Waals surface area contributed by atoms with Gasteiger partial charge in [0.2, 0.25) is 5.91 Å². The molecular formula is C7H17NO6S. The molecule has 0 saturated carbocycles. The van der Waals surface area contributed by atoms with Crippen LogP contribution in [0.3, 0.4) is 0 Å². The van der Waals surface area contributed by atoms with Gasteiger partial charge in [0.15, 0.2) is 0 Å². The zero-order valence-corrected chi connectivity index (χ0v) is 9.39. The van der Waals surface area contributed by atoms with Crippen LogP contribution >= 0.6 is 0 Å². The number of rotatable bonds is 4. The van der Waals surface area contributed by atoms with Gasteiger partial charge in [-0.1, -0.05) is 6.58 Å². The van der Waals surface area contributed by atoms with Crippen LogP contribution in [0.1, 0.15) is 13.8 Å². The molecule has 0 aliphatic carbocycles. The summed E-state index contributed by atoms with van der Waals surface area (Å²) in [6, 6.07) is 0. The Morgan fingerprint density at radius 1 is 1.47 bits per heavy atom. The van der Waals surface area contributed by atoms with Crippen molar-refractivity contribution in [3.05, 3.63) is 12.7 Å². The first kappa shape index (κ1) is 19.6. The SMILES string of the molecule is C=CC(=O)NC(C)(C)CS(=O)(=O)O.O.O. The minimum atomic E-state index is -4.08. The number of carbonyl (C=O) groups excluding carboxylic acids is 1. The van der Waals surface area contributed by atoms with Crippen molar-refractivity contribution >= 4 is 16.0 Å². The van der Waals surface area contributed by atoms with Crippen LogP contribution in [0.2, 0.25) is 0 Å². The zero-order valence-electron chi connectivity index (χ0n) is 8.57. The lowest BCUT2D eigenvalue weighted by Crippen LogP contribution is -2.47. The van der Waals surface area contributed by atoms with E-state index in [-0.39, 0.29) is 11.0 Å². The Labute approximate surface area is 88.5 Å². The lowest BCUT2D eigenvalue weighted by molar-refractivity contribution is -0.117. The first-order valence-electron chi connectivity index (χ1n) is 3.56. The first-order valence-corrected chi connectivity index (χ1v) is 5.17. The third kappa shape index (κ3) is 11.0. The molecule has 15 heavy (non-hydrogen) atoms. The molecule has 0 bridgehead atoms. The van der Waals surface area contributed by atoms with Gasteiger partial charge < -0.3 is 16.3 Å². The van der Waals surface area contributed by atoms with Gasteiger partial charge in [0.1, 0.15) is 0 Å². The van der Waals surface area contributed by atoms with E-state index in [0.29, 0.717) is 0 Å². The lowest BCUT2D eigenvalue weighted by Gasteiger charge is -2.23. The van der Waals surface area contributed by atoms with Gasteiger partial charge in [-0.3, -0.25) is 9.35 Å². The summed E-state index contributed by atoms with van der Waals surface area (Å²) in [5.41, 5.74) is -1.00. The van der Waals surface area contributed by atoms with Crippen molar-refractivity contribution in [2.45, 2.75) is 19.4 Å². The first-order chi connectivity index (χ1) is 5.66. The normalized spacial score (nSPS) is 10.6. The Balaban J connectivity index is -0.000000720. The molecule has 0 aromatic rings. The van der Waals surface area contributed by atoms with Crippen molar-refractivity contribution in [1.29, 1.82) is 0 Å². The highest BCUT2D eigenvalue weighted by atomic mass is 32.2. The molecule has 0 aromatic heterocycles. The van der Waals surface area contributed by atoms with Crippen molar-refractivity contribution in [3.8, 4) is 0 Å². The van der Waals surface area contributed by atoms with Crippen molar-refractivity contribution in [2.75, 3.05) is 5.75 Å². The van der Waals surface area contributed by atoms with Crippen LogP contribution < -0.4 is 5.32 Å². The molecule has 92 valence electrons. The molecule has 0 saturated heterocycles. The Morgan fingerprint density at radius 2 is 1.87 bits per heavy atom. The van der Waals surface area contributed by atoms with Gasteiger partial charge in [0.25, 0.3) is 10.1 Å². The van der Waals surface area contributed by atoms with E-state index in [1.165, 1.54) is 13.8 Å². The summed E-state index contributed by atoms with van der Waals surface area (Å²) in [6.07, 6.45) is 1.03. The second kappa shape index (κ2) is 6.51. The highest BCUT2D eigenvalue weighted by molar-refractivity contribution is 7.85. The van der Waals surface area contributed by atoms with Crippen molar-refractivity contribution in [2.24, 2.45) is 0 Å². The van der Waals surface area contributed by atoms with Crippen LogP contribution in [0.4, 0.5) is 0 Å². The largest absolute Gasteiger partial charge is 0.412 e. The summed E-state index contributed by atoms with van der Waals surface area (Å²) in [4.78, 5) is 10.8. The van der Waals surface area contributed by atoms with E-state index in [4.69, 9.17) is 4.55 Å². The highest BCUT2D eigenvalue weighted by Crippen LogP contribution is 2.05. The Kier molecular flexibility index (Phi) is 8.50. The van der Waals surface area contributed by atoms with Gasteiger partial charge in [-0.2, -0.15) is 8.42 Å². The summed E-state index contributed by atoms with van der Waals surface area (Å²) in [7, 11) is -4.08. The number of carbonyl (C=O) groups is 1. The maximum atomic E-state index is 10.8. The third-order valence-electron chi connectivity index (χ3n) is 1.19. The second-order valence-electron chi connectivity index (χ2n) is 3.30. The average molecular weight is 243 g/mol. The smallest absolute Gasteiger partial charge is 0.267 e. The molecule has 0 heterocycles. The predicted octanol–water partition coefficient (Wildman–Crippen LogP) is -1.69. The van der Waals surface area contributed by atoms with Gasteiger partial charge in [-0.05, 0) is 19.9 Å². The maximum Gasteiger partial charge on any atom is 0.267 e. The molecule has 0 aliphatic rings. The molecule has 6 N–H and O–H groups in total. The zero-order chi connectivity index (χ0) is 10.7. The van der Waals surface area contributed by atoms with E-state index in [1.807, 2.05) is 0 Å². The average Bonchev–Trinajstić information content (AvgIpc) is 1.80. The van der Waals surface area contributed by atoms with Gasteiger partial charge >= 0.3 is 0 Å². The molecule has 0 aliphatic heterocycles. The maximum absolute atomic E-state index is 10.8. The Bertz CT molecular complexity index is 307. The molecule has 0 spiro atoms. The van der Waals surface area contributed by atoms with E-state index < -0.39 is 27.3 Å². The van der Waals surface area contributed by atoms with Gasteiger partial charge in [0, 0.05) is 0 Å². The Hall–Kier alpha value is -0.960. The second-order valence-corrected chi connectivity index (χ2v) is 4.76. The van der Waals surface area contributed by atoms with E-state index in [1.54, 1.807) is 0 Å². The van der Waals surface area contributed by atoms with Crippen LogP contribution in [0.15, 0.2) is 12.7 Å². The van der Waals surface area contributed by atoms with Crippen LogP contribution in [0.5, 0.6) is 0 Å². The number of hydrogen-bond acceptors (Lipinski definition) is 3. The number of amides is 1. The molecule has 0 unspecified atom stereocenters. The molecule has 0 rings (SSSR count). The fraction of sp³-hybridized carbons (Fsp3) is 0.571. The minimum absolute atomic E-state index is 0. The van der Waals surface area contributed by atoms with E-state index >= 15 is 0 Å². The molecular weight excluding hydrogens is 226 g/mol. The van der Waals surface area contributed by atoms with Crippen molar-refractivity contribution in [3.63, 3.8) is 0 Å². The standard InChI is InChI=1S/C7H13NO4S.2H2O/c1-4-6(9)8-7(2,3)5-13(10,11)12;;/h4H,1,5H2,2-3H3,(H,8,9)(H,10,11,12);2*1H2. The summed E-state index contributed by atoms with van der Waals surface area (Å²) in [5.74, 6) is -1.01. The summed E-state index contributed by atoms with van der Waals surface area (Å²) < 4.78 is 29.5. The quantitative estimate of drug-likeness (QED) is 0.447. The number of nitrogens with one attached hydrogen (secondary N) is 1. The predicted molar refractivity (Wildman–Crippen MR) is 56.1 cm³/mol. The molecule has 0 atom stereocenters. The van der Waals surface area contributed by atoms with Crippen molar-refractivity contribution in [1.82, 2.24) is 5.32 Å². The summed E-state index contributed by atoms with van der Waals surface area (Å²) >= 11 is 0. The van der Waals surface area contributed by atoms with Crippen LogP contribution in [-0.4, -0.2) is 41.1 Å². The minimum Gasteiger partial charge on any atom is -0.412 e. The molecule has 0 fully saturated rings. The number of hydrogen-bond donors (Lipinski definition) is 2. The van der Waals surface area contributed by atoms with Crippen LogP contribution in [-0.2, 0) is 14.9 Å². The van der Waals surface area contributed by atoms with Crippen molar-refractivity contribution < 1.29 is 28.7 Å². The molecule has 0 radical (unpaired) electrons. The van der Waals surface area contributed by atoms with Gasteiger partial charge in [-0.25, -0.2) is 0 Å². The molecule has 1 amide bonds. The van der Waals surface area contributed by atoms with E-state index in [2.05, 4.69) is 11.9 Å².